The fourth-order valence-electron chi connectivity index (χ4n) is 3.04. The molecule has 0 saturated heterocycles. The molecule has 3 nitrogen and oxygen atoms in total. The summed E-state index contributed by atoms with van der Waals surface area (Å²) in [5, 5.41) is 9.42. The lowest BCUT2D eigenvalue weighted by Crippen LogP contribution is -2.36. The van der Waals surface area contributed by atoms with Crippen LogP contribution in [0.3, 0.4) is 0 Å². The quantitative estimate of drug-likeness (QED) is 0.914. The van der Waals surface area contributed by atoms with E-state index in [9.17, 15) is 13.6 Å². The molecule has 0 aliphatic heterocycles. The molecule has 5 heteroatoms. The van der Waals surface area contributed by atoms with Gasteiger partial charge in [0.2, 0.25) is 0 Å². The van der Waals surface area contributed by atoms with Gasteiger partial charge in [-0.25, -0.2) is 18.6 Å². The van der Waals surface area contributed by atoms with Crippen molar-refractivity contribution >= 4 is 16.9 Å². The summed E-state index contributed by atoms with van der Waals surface area (Å²) >= 11 is 0. The topological polar surface area (TPSA) is 50.2 Å². The number of aromatic carboxylic acids is 1. The highest BCUT2D eigenvalue weighted by atomic mass is 19.1. The first-order valence-corrected chi connectivity index (χ1v) is 7.34. The van der Waals surface area contributed by atoms with Crippen molar-refractivity contribution in [1.82, 2.24) is 4.98 Å². The van der Waals surface area contributed by atoms with Crippen LogP contribution in [0.25, 0.3) is 10.9 Å². The van der Waals surface area contributed by atoms with Crippen LogP contribution in [-0.4, -0.2) is 21.7 Å². The van der Waals surface area contributed by atoms with Crippen LogP contribution in [0.5, 0.6) is 0 Å². The van der Waals surface area contributed by atoms with E-state index in [1.165, 1.54) is 6.07 Å². The molecule has 0 amide bonds. The predicted octanol–water partition coefficient (Wildman–Crippen LogP) is 3.93. The SMILES string of the molecule is CC(C)[C@@]1(F)CCc2nc3c(F)cc(C(=O)O)cc3cc2C1. The summed E-state index contributed by atoms with van der Waals surface area (Å²) in [4.78, 5) is 15.3. The number of halogens is 2. The van der Waals surface area contributed by atoms with Crippen LogP contribution in [0, 0.1) is 11.7 Å². The van der Waals surface area contributed by atoms with Gasteiger partial charge < -0.3 is 5.11 Å². The number of rotatable bonds is 2. The van der Waals surface area contributed by atoms with Crippen LogP contribution in [0.15, 0.2) is 18.2 Å². The minimum Gasteiger partial charge on any atom is -0.478 e. The van der Waals surface area contributed by atoms with Crippen LogP contribution in [0.1, 0.15) is 41.9 Å². The number of carboxylic acid groups (broad SMARTS) is 1. The second-order valence-electron chi connectivity index (χ2n) is 6.30. The number of pyridine rings is 1. The van der Waals surface area contributed by atoms with E-state index in [0.717, 1.165) is 11.6 Å². The van der Waals surface area contributed by atoms with Gasteiger partial charge in [-0.2, -0.15) is 0 Å². The standard InChI is InChI=1S/C17H17F2NO2/c1-9(2)17(19)4-3-14-12(8-17)6-10-5-11(16(21)22)7-13(18)15(10)20-14/h5-7,9H,3-4,8H2,1-2H3,(H,21,22)/t17-/m1/s1. The van der Waals surface area contributed by atoms with E-state index < -0.39 is 17.5 Å². The zero-order chi connectivity index (χ0) is 16.1. The van der Waals surface area contributed by atoms with Crippen molar-refractivity contribution in [3.05, 3.63) is 40.8 Å². The van der Waals surface area contributed by atoms with Gasteiger partial charge in [0.25, 0.3) is 0 Å². The Balaban J connectivity index is 2.15. The lowest BCUT2D eigenvalue weighted by molar-refractivity contribution is 0.0696. The molecule has 1 aliphatic rings. The molecule has 116 valence electrons. The number of carbonyl (C=O) groups is 1. The third kappa shape index (κ3) is 2.34. The largest absolute Gasteiger partial charge is 0.478 e. The van der Waals surface area contributed by atoms with Crippen molar-refractivity contribution in [3.63, 3.8) is 0 Å². The third-order valence-corrected chi connectivity index (χ3v) is 4.58. The first kappa shape index (κ1) is 14.9. The Labute approximate surface area is 127 Å². The van der Waals surface area contributed by atoms with Gasteiger partial charge in [0, 0.05) is 17.5 Å². The fraction of sp³-hybridized carbons (Fsp3) is 0.412. The molecule has 0 fully saturated rings. The van der Waals surface area contributed by atoms with E-state index in [1.54, 1.807) is 6.07 Å². The van der Waals surface area contributed by atoms with Crippen LogP contribution in [-0.2, 0) is 12.8 Å². The smallest absolute Gasteiger partial charge is 0.335 e. The zero-order valence-corrected chi connectivity index (χ0v) is 12.5. The van der Waals surface area contributed by atoms with E-state index >= 15 is 0 Å². The minimum atomic E-state index is -1.29. The first-order valence-electron chi connectivity index (χ1n) is 7.34. The number of aromatic nitrogens is 1. The molecular weight excluding hydrogens is 288 g/mol. The van der Waals surface area contributed by atoms with Crippen LogP contribution in [0.4, 0.5) is 8.78 Å². The fourth-order valence-corrected chi connectivity index (χ4v) is 3.04. The molecule has 1 N–H and O–H groups in total. The summed E-state index contributed by atoms with van der Waals surface area (Å²) in [6.07, 6.45) is 1.09. The Kier molecular flexibility index (Phi) is 3.38. The number of fused-ring (bicyclic) bond motifs is 2. The average Bonchev–Trinajstić information content (AvgIpc) is 2.45. The van der Waals surface area contributed by atoms with Crippen molar-refractivity contribution in [2.24, 2.45) is 5.92 Å². The van der Waals surface area contributed by atoms with Gasteiger partial charge in [-0.3, -0.25) is 0 Å². The number of hydrogen-bond donors (Lipinski definition) is 1. The van der Waals surface area contributed by atoms with E-state index in [4.69, 9.17) is 5.11 Å². The zero-order valence-electron chi connectivity index (χ0n) is 12.5. The second-order valence-corrected chi connectivity index (χ2v) is 6.30. The maximum absolute atomic E-state index is 14.9. The number of nitrogens with zero attached hydrogens (tertiary/aromatic N) is 1. The van der Waals surface area contributed by atoms with Crippen molar-refractivity contribution in [2.75, 3.05) is 0 Å². The Morgan fingerprint density at radius 1 is 1.36 bits per heavy atom. The molecule has 1 aromatic carbocycles. The minimum absolute atomic E-state index is 0.113. The number of hydrogen-bond acceptors (Lipinski definition) is 2. The number of alkyl halides is 1. The molecule has 0 spiro atoms. The normalized spacial score (nSPS) is 21.1. The molecule has 0 radical (unpaired) electrons. The molecule has 1 atom stereocenters. The lowest BCUT2D eigenvalue weighted by atomic mass is 9.77. The Morgan fingerprint density at radius 3 is 2.73 bits per heavy atom. The predicted molar refractivity (Wildman–Crippen MR) is 79.4 cm³/mol. The van der Waals surface area contributed by atoms with E-state index in [2.05, 4.69) is 4.98 Å². The Bertz CT molecular complexity index is 773. The highest BCUT2D eigenvalue weighted by Crippen LogP contribution is 2.37. The number of carboxylic acids is 1. The lowest BCUT2D eigenvalue weighted by Gasteiger charge is -2.34. The van der Waals surface area contributed by atoms with Crippen molar-refractivity contribution in [2.45, 2.75) is 38.8 Å². The summed E-state index contributed by atoms with van der Waals surface area (Å²) in [5.41, 5.74) is 0.198. The highest BCUT2D eigenvalue weighted by Gasteiger charge is 2.38. The maximum Gasteiger partial charge on any atom is 0.335 e. The van der Waals surface area contributed by atoms with Gasteiger partial charge in [-0.05, 0) is 42.5 Å². The molecular formula is C17H17F2NO2. The Hall–Kier alpha value is -2.04. The molecule has 0 saturated carbocycles. The molecule has 3 rings (SSSR count). The van der Waals surface area contributed by atoms with Crippen LogP contribution < -0.4 is 0 Å². The van der Waals surface area contributed by atoms with Crippen molar-refractivity contribution < 1.29 is 18.7 Å². The van der Waals surface area contributed by atoms with E-state index in [-0.39, 0.29) is 23.4 Å². The molecule has 0 unspecified atom stereocenters. The van der Waals surface area contributed by atoms with Gasteiger partial charge in [0.1, 0.15) is 17.0 Å². The van der Waals surface area contributed by atoms with Gasteiger partial charge in [0.05, 0.1) is 5.56 Å². The van der Waals surface area contributed by atoms with E-state index in [1.807, 2.05) is 13.8 Å². The average molecular weight is 305 g/mol. The monoisotopic (exact) mass is 305 g/mol. The van der Waals surface area contributed by atoms with Gasteiger partial charge in [-0.1, -0.05) is 13.8 Å². The maximum atomic E-state index is 14.9. The van der Waals surface area contributed by atoms with Crippen molar-refractivity contribution in [1.29, 1.82) is 0 Å². The summed E-state index contributed by atoms with van der Waals surface area (Å²) in [6, 6.07) is 4.04. The summed E-state index contributed by atoms with van der Waals surface area (Å²) in [7, 11) is 0. The molecule has 2 aromatic rings. The summed E-state index contributed by atoms with van der Waals surface area (Å²) < 4.78 is 28.9. The van der Waals surface area contributed by atoms with E-state index in [0.29, 0.717) is 23.9 Å². The van der Waals surface area contributed by atoms with Gasteiger partial charge >= 0.3 is 5.97 Å². The molecule has 0 bridgehead atoms. The molecule has 1 aliphatic carbocycles. The highest BCUT2D eigenvalue weighted by molar-refractivity contribution is 5.93. The summed E-state index contributed by atoms with van der Waals surface area (Å²) in [5.74, 6) is -1.96. The number of aryl methyl sites for hydroxylation is 1. The first-order chi connectivity index (χ1) is 10.3. The van der Waals surface area contributed by atoms with Crippen molar-refractivity contribution in [3.8, 4) is 0 Å². The molecule has 1 heterocycles. The second kappa shape index (κ2) is 5.00. The van der Waals surface area contributed by atoms with Gasteiger partial charge in [-0.15, -0.1) is 0 Å². The Morgan fingerprint density at radius 2 is 2.09 bits per heavy atom. The van der Waals surface area contributed by atoms with Crippen LogP contribution in [0.2, 0.25) is 0 Å². The third-order valence-electron chi connectivity index (χ3n) is 4.58. The van der Waals surface area contributed by atoms with Gasteiger partial charge in [0.15, 0.2) is 0 Å². The summed E-state index contributed by atoms with van der Waals surface area (Å²) in [6.45, 7) is 3.70. The molecule has 22 heavy (non-hydrogen) atoms. The molecule has 1 aromatic heterocycles. The number of benzene rings is 1. The van der Waals surface area contributed by atoms with Crippen LogP contribution >= 0.6 is 0 Å².